The van der Waals surface area contributed by atoms with E-state index in [0.29, 0.717) is 11.3 Å². The molecule has 34 heavy (non-hydrogen) atoms. The summed E-state index contributed by atoms with van der Waals surface area (Å²) in [5.41, 5.74) is 2.89. The number of benzene rings is 2. The van der Waals surface area contributed by atoms with Gasteiger partial charge >= 0.3 is 0 Å². The third kappa shape index (κ3) is 4.95. The van der Waals surface area contributed by atoms with E-state index in [0.717, 1.165) is 23.2 Å². The molecule has 4 rings (SSSR count). The first-order chi connectivity index (χ1) is 16.2. The summed E-state index contributed by atoms with van der Waals surface area (Å²) in [5, 5.41) is -0.281. The molecule has 2 amide bonds. The minimum Gasteiger partial charge on any atom is -0.299 e. The van der Waals surface area contributed by atoms with E-state index < -0.39 is 15.9 Å². The molecule has 2 aromatic rings. The number of rotatable bonds is 6. The fourth-order valence-electron chi connectivity index (χ4n) is 4.07. The number of carbonyl (C=O) groups excluding carboxylic acids is 2. The van der Waals surface area contributed by atoms with Crippen LogP contribution in [-0.4, -0.2) is 30.9 Å². The van der Waals surface area contributed by atoms with Gasteiger partial charge in [-0.3, -0.25) is 14.5 Å². The predicted octanol–water partition coefficient (Wildman–Crippen LogP) is 4.32. The molecule has 1 saturated heterocycles. The van der Waals surface area contributed by atoms with Crippen LogP contribution in [0.1, 0.15) is 36.8 Å². The summed E-state index contributed by atoms with van der Waals surface area (Å²) in [7, 11) is -4.00. The standard InChI is InChI=1S/C25H25FN2O4S2/c1-3-17-4-11-21(12-5-17)34(31,32)27-24(30)19-8-13-22(16(2)14-19)28-23(29)15-33-25(28)18-6-9-20(26)10-7-18/h4-13,16,25H,3,14-15H2,1-2H3,(H,27,30). The Kier molecular flexibility index (Phi) is 6.95. The lowest BCUT2D eigenvalue weighted by Gasteiger charge is -2.32. The molecule has 0 spiro atoms. The van der Waals surface area contributed by atoms with Crippen molar-refractivity contribution in [3.8, 4) is 0 Å². The smallest absolute Gasteiger partial charge is 0.264 e. The highest BCUT2D eigenvalue weighted by molar-refractivity contribution is 8.00. The van der Waals surface area contributed by atoms with Crippen LogP contribution in [0.25, 0.3) is 0 Å². The van der Waals surface area contributed by atoms with Crippen LogP contribution in [0.2, 0.25) is 0 Å². The molecule has 2 atom stereocenters. The second-order valence-electron chi connectivity index (χ2n) is 8.30. The number of nitrogens with one attached hydrogen (secondary N) is 1. The second kappa shape index (κ2) is 9.76. The molecule has 1 aliphatic heterocycles. The first-order valence-electron chi connectivity index (χ1n) is 11.0. The van der Waals surface area contributed by atoms with Gasteiger partial charge in [-0.25, -0.2) is 17.5 Å². The Balaban J connectivity index is 1.54. The van der Waals surface area contributed by atoms with Crippen LogP contribution in [0.3, 0.4) is 0 Å². The van der Waals surface area contributed by atoms with Crippen molar-refractivity contribution in [1.82, 2.24) is 9.62 Å². The Morgan fingerprint density at radius 3 is 2.41 bits per heavy atom. The van der Waals surface area contributed by atoms with Crippen LogP contribution >= 0.6 is 11.8 Å². The molecule has 1 heterocycles. The molecule has 1 fully saturated rings. The molecule has 9 heteroatoms. The van der Waals surface area contributed by atoms with E-state index in [1.54, 1.807) is 41.3 Å². The minimum absolute atomic E-state index is 0.0283. The van der Waals surface area contributed by atoms with Crippen LogP contribution in [0.5, 0.6) is 0 Å². The van der Waals surface area contributed by atoms with E-state index in [1.165, 1.54) is 36.0 Å². The Labute approximate surface area is 203 Å². The molecule has 178 valence electrons. The first kappa shape index (κ1) is 24.2. The number of hydrogen-bond donors (Lipinski definition) is 1. The predicted molar refractivity (Wildman–Crippen MR) is 130 cm³/mol. The van der Waals surface area contributed by atoms with Crippen molar-refractivity contribution in [2.75, 3.05) is 5.75 Å². The lowest BCUT2D eigenvalue weighted by molar-refractivity contribution is -0.126. The van der Waals surface area contributed by atoms with Crippen LogP contribution in [0.15, 0.2) is 76.8 Å². The SMILES string of the molecule is CCc1ccc(S(=O)(=O)NC(=O)C2=CC=C(N3C(=O)CSC3c3ccc(F)cc3)C(C)C2)cc1. The van der Waals surface area contributed by atoms with Crippen molar-refractivity contribution >= 4 is 33.6 Å². The minimum atomic E-state index is -4.00. The van der Waals surface area contributed by atoms with Gasteiger partial charge in [0.2, 0.25) is 5.91 Å². The molecule has 1 N–H and O–H groups in total. The van der Waals surface area contributed by atoms with E-state index in [2.05, 4.69) is 4.72 Å². The van der Waals surface area contributed by atoms with Gasteiger partial charge in [0.25, 0.3) is 15.9 Å². The summed E-state index contributed by atoms with van der Waals surface area (Å²) in [6, 6.07) is 12.5. The maximum absolute atomic E-state index is 13.4. The van der Waals surface area contributed by atoms with E-state index in [1.807, 2.05) is 13.8 Å². The summed E-state index contributed by atoms with van der Waals surface area (Å²) >= 11 is 1.46. The quantitative estimate of drug-likeness (QED) is 0.639. The molecule has 0 aromatic heterocycles. The zero-order valence-corrected chi connectivity index (χ0v) is 20.5. The highest BCUT2D eigenvalue weighted by atomic mass is 32.2. The number of allylic oxidation sites excluding steroid dienone is 3. The largest absolute Gasteiger partial charge is 0.299 e. The average Bonchev–Trinajstić information content (AvgIpc) is 3.20. The van der Waals surface area contributed by atoms with Gasteiger partial charge in [-0.2, -0.15) is 0 Å². The van der Waals surface area contributed by atoms with Gasteiger partial charge in [0.15, 0.2) is 0 Å². The van der Waals surface area contributed by atoms with Crippen molar-refractivity contribution in [3.63, 3.8) is 0 Å². The van der Waals surface area contributed by atoms with E-state index in [4.69, 9.17) is 0 Å². The van der Waals surface area contributed by atoms with Gasteiger partial charge in [0.1, 0.15) is 11.2 Å². The van der Waals surface area contributed by atoms with Gasteiger partial charge in [0.05, 0.1) is 10.6 Å². The maximum atomic E-state index is 13.4. The third-order valence-electron chi connectivity index (χ3n) is 5.95. The van der Waals surface area contributed by atoms with Gasteiger partial charge < -0.3 is 0 Å². The number of aryl methyl sites for hydroxylation is 1. The molecule has 0 radical (unpaired) electrons. The normalized spacial score (nSPS) is 20.7. The number of hydrogen-bond acceptors (Lipinski definition) is 5. The fourth-order valence-corrected chi connectivity index (χ4v) is 6.23. The van der Waals surface area contributed by atoms with Gasteiger partial charge in [-0.15, -0.1) is 11.8 Å². The molecule has 1 aliphatic carbocycles. The lowest BCUT2D eigenvalue weighted by Crippen LogP contribution is -2.35. The first-order valence-corrected chi connectivity index (χ1v) is 13.5. The Morgan fingerprint density at radius 2 is 1.79 bits per heavy atom. The summed E-state index contributed by atoms with van der Waals surface area (Å²) in [6.07, 6.45) is 4.34. The van der Waals surface area contributed by atoms with E-state index >= 15 is 0 Å². The molecule has 0 bridgehead atoms. The summed E-state index contributed by atoms with van der Waals surface area (Å²) < 4.78 is 40.8. The van der Waals surface area contributed by atoms with Crippen molar-refractivity contribution in [3.05, 3.63) is 88.9 Å². The van der Waals surface area contributed by atoms with Crippen LogP contribution in [-0.2, 0) is 26.0 Å². The monoisotopic (exact) mass is 500 g/mol. The topological polar surface area (TPSA) is 83.6 Å². The zero-order valence-electron chi connectivity index (χ0n) is 18.8. The summed E-state index contributed by atoms with van der Waals surface area (Å²) in [5.74, 6) is -0.971. The number of halogens is 1. The molecule has 2 unspecified atom stereocenters. The third-order valence-corrected chi connectivity index (χ3v) is 8.51. The Hall–Kier alpha value is -2.91. The van der Waals surface area contributed by atoms with Gasteiger partial charge in [0, 0.05) is 17.2 Å². The van der Waals surface area contributed by atoms with Gasteiger partial charge in [-0.1, -0.05) is 44.2 Å². The lowest BCUT2D eigenvalue weighted by atomic mass is 9.91. The molecule has 6 nitrogen and oxygen atoms in total. The van der Waals surface area contributed by atoms with Crippen molar-refractivity contribution in [1.29, 1.82) is 0 Å². The Bertz CT molecular complexity index is 1270. The van der Waals surface area contributed by atoms with Crippen molar-refractivity contribution < 1.29 is 22.4 Å². The Morgan fingerprint density at radius 1 is 1.12 bits per heavy atom. The highest BCUT2D eigenvalue weighted by Gasteiger charge is 2.38. The fraction of sp³-hybridized carbons (Fsp3) is 0.280. The number of carbonyl (C=O) groups is 2. The highest BCUT2D eigenvalue weighted by Crippen LogP contribution is 2.44. The number of amides is 2. The molecular weight excluding hydrogens is 475 g/mol. The second-order valence-corrected chi connectivity index (χ2v) is 11.1. The molecule has 0 saturated carbocycles. The number of nitrogens with zero attached hydrogens (tertiary/aromatic N) is 1. The molecule has 2 aromatic carbocycles. The van der Waals surface area contributed by atoms with Crippen LogP contribution in [0.4, 0.5) is 4.39 Å². The summed E-state index contributed by atoms with van der Waals surface area (Å²) in [4.78, 5) is 27.2. The van der Waals surface area contributed by atoms with Crippen LogP contribution in [0, 0.1) is 11.7 Å². The van der Waals surface area contributed by atoms with Crippen molar-refractivity contribution in [2.24, 2.45) is 5.92 Å². The van der Waals surface area contributed by atoms with E-state index in [9.17, 15) is 22.4 Å². The molecular formula is C25H25FN2O4S2. The summed E-state index contributed by atoms with van der Waals surface area (Å²) in [6.45, 7) is 3.86. The van der Waals surface area contributed by atoms with Crippen molar-refractivity contribution in [2.45, 2.75) is 37.0 Å². The molecule has 2 aliphatic rings. The maximum Gasteiger partial charge on any atom is 0.264 e. The number of sulfonamides is 1. The average molecular weight is 501 g/mol. The van der Waals surface area contributed by atoms with E-state index in [-0.39, 0.29) is 34.3 Å². The number of thioether (sulfide) groups is 1. The zero-order chi connectivity index (χ0) is 24.5. The van der Waals surface area contributed by atoms with Crippen LogP contribution < -0.4 is 4.72 Å². The van der Waals surface area contributed by atoms with Gasteiger partial charge in [-0.05, 0) is 54.3 Å².